The molecule has 2 N–H and O–H groups in total. The van der Waals surface area contributed by atoms with Gasteiger partial charge in [-0.15, -0.1) is 0 Å². The van der Waals surface area contributed by atoms with E-state index >= 15 is 0 Å². The summed E-state index contributed by atoms with van der Waals surface area (Å²) in [5, 5.41) is 21.6. The molecule has 0 saturated heterocycles. The highest BCUT2D eigenvalue weighted by molar-refractivity contribution is 5.76. The van der Waals surface area contributed by atoms with Gasteiger partial charge in [-0.2, -0.15) is 0 Å². The van der Waals surface area contributed by atoms with E-state index in [0.717, 1.165) is 11.0 Å². The number of methoxy groups -OCH3 is 1. The number of ether oxygens (including phenoxy) is 1. The Balaban J connectivity index is 2.02. The Morgan fingerprint density at radius 3 is 2.39 bits per heavy atom. The van der Waals surface area contributed by atoms with Crippen LogP contribution in [0.25, 0.3) is 11.0 Å². The van der Waals surface area contributed by atoms with Crippen LogP contribution in [-0.2, 0) is 12.6 Å². The lowest BCUT2D eigenvalue weighted by Crippen LogP contribution is -2.33. The second kappa shape index (κ2) is 5.68. The van der Waals surface area contributed by atoms with Crippen molar-refractivity contribution in [2.45, 2.75) is 18.6 Å². The predicted octanol–water partition coefficient (Wildman–Crippen LogP) is 2.52. The highest BCUT2D eigenvalue weighted by Crippen LogP contribution is 2.35. The molecule has 0 aliphatic rings. The summed E-state index contributed by atoms with van der Waals surface area (Å²) in [7, 11) is 3.42. The van der Waals surface area contributed by atoms with Crippen LogP contribution in [0.4, 0.5) is 0 Å². The van der Waals surface area contributed by atoms with Crippen molar-refractivity contribution in [2.75, 3.05) is 7.11 Å². The maximum absolute atomic E-state index is 11.0. The van der Waals surface area contributed by atoms with E-state index < -0.39 is 11.7 Å². The average molecular weight is 312 g/mol. The van der Waals surface area contributed by atoms with Gasteiger partial charge in [-0.3, -0.25) is 0 Å². The van der Waals surface area contributed by atoms with Gasteiger partial charge in [-0.05, 0) is 36.8 Å². The molecule has 2 atom stereocenters. The summed E-state index contributed by atoms with van der Waals surface area (Å²) in [5.74, 6) is 1.12. The lowest BCUT2D eigenvalue weighted by atomic mass is 9.92. The quantitative estimate of drug-likeness (QED) is 0.777. The van der Waals surface area contributed by atoms with Crippen LogP contribution in [0.3, 0.4) is 0 Å². The fourth-order valence-electron chi connectivity index (χ4n) is 2.83. The van der Waals surface area contributed by atoms with Crippen molar-refractivity contribution in [1.29, 1.82) is 0 Å². The smallest absolute Gasteiger partial charge is 0.149 e. The van der Waals surface area contributed by atoms with Crippen molar-refractivity contribution < 1.29 is 14.9 Å². The highest BCUT2D eigenvalue weighted by atomic mass is 16.5. The van der Waals surface area contributed by atoms with E-state index in [4.69, 9.17) is 4.74 Å². The van der Waals surface area contributed by atoms with E-state index in [9.17, 15) is 10.2 Å². The first-order valence-electron chi connectivity index (χ1n) is 7.41. The summed E-state index contributed by atoms with van der Waals surface area (Å²) in [5.41, 5.74) is 0.766. The van der Waals surface area contributed by atoms with Crippen LogP contribution in [-0.4, -0.2) is 26.9 Å². The second-order valence-electron chi connectivity index (χ2n) is 5.81. The molecule has 0 spiro atoms. The molecule has 0 amide bonds. The Morgan fingerprint density at radius 2 is 1.78 bits per heavy atom. The molecule has 0 fully saturated rings. The minimum absolute atomic E-state index is 0.419. The number of para-hydroxylation sites is 2. The zero-order chi connectivity index (χ0) is 16.6. The van der Waals surface area contributed by atoms with Crippen molar-refractivity contribution in [2.24, 2.45) is 7.05 Å². The highest BCUT2D eigenvalue weighted by Gasteiger charge is 2.37. The van der Waals surface area contributed by atoms with Crippen LogP contribution >= 0.6 is 0 Å². The van der Waals surface area contributed by atoms with Gasteiger partial charge in [0.2, 0.25) is 0 Å². The maximum Gasteiger partial charge on any atom is 0.149 e. The molecule has 1 aromatic heterocycles. The summed E-state index contributed by atoms with van der Waals surface area (Å²) < 4.78 is 6.93. The normalized spacial score (nSPS) is 15.3. The van der Waals surface area contributed by atoms with Crippen molar-refractivity contribution >= 4 is 11.0 Å². The SMILES string of the molecule is COc1ccc(C(O)C(C)(O)c2nc3ccccc3n2C)cc1. The van der Waals surface area contributed by atoms with Crippen LogP contribution in [0.2, 0.25) is 0 Å². The first-order valence-corrected chi connectivity index (χ1v) is 7.41. The molecule has 3 aromatic rings. The van der Waals surface area contributed by atoms with Gasteiger partial charge in [0.25, 0.3) is 0 Å². The minimum atomic E-state index is -1.53. The molecular weight excluding hydrogens is 292 g/mol. The number of aliphatic hydroxyl groups excluding tert-OH is 1. The fourth-order valence-corrected chi connectivity index (χ4v) is 2.83. The van der Waals surface area contributed by atoms with Crippen LogP contribution in [0, 0.1) is 0 Å². The number of aromatic nitrogens is 2. The molecule has 5 nitrogen and oxygen atoms in total. The Morgan fingerprint density at radius 1 is 1.13 bits per heavy atom. The van der Waals surface area contributed by atoms with Gasteiger partial charge in [0.05, 0.1) is 18.1 Å². The molecular formula is C18H20N2O3. The van der Waals surface area contributed by atoms with Gasteiger partial charge in [0.15, 0.2) is 0 Å². The lowest BCUT2D eigenvalue weighted by Gasteiger charge is -2.29. The molecule has 120 valence electrons. The van der Waals surface area contributed by atoms with Crippen LogP contribution in [0.5, 0.6) is 5.75 Å². The largest absolute Gasteiger partial charge is 0.497 e. The van der Waals surface area contributed by atoms with Gasteiger partial charge in [-0.1, -0.05) is 24.3 Å². The number of nitrogens with zero attached hydrogens (tertiary/aromatic N) is 2. The number of rotatable bonds is 4. The molecule has 0 aliphatic carbocycles. The first-order chi connectivity index (χ1) is 10.9. The lowest BCUT2D eigenvalue weighted by molar-refractivity contribution is -0.0764. The standard InChI is InChI=1S/C18H20N2O3/c1-18(22,16(21)12-8-10-13(23-3)11-9-12)17-19-14-6-4-5-7-15(14)20(17)2/h4-11,16,21-22H,1-3H3. The zero-order valence-electron chi connectivity index (χ0n) is 13.4. The average Bonchev–Trinajstić information content (AvgIpc) is 2.92. The van der Waals surface area contributed by atoms with Crippen molar-refractivity contribution in [3.8, 4) is 5.75 Å². The molecule has 1 heterocycles. The molecule has 0 bridgehead atoms. The Labute approximate surface area is 134 Å². The molecule has 23 heavy (non-hydrogen) atoms. The zero-order valence-corrected chi connectivity index (χ0v) is 13.4. The Bertz CT molecular complexity index is 822. The second-order valence-corrected chi connectivity index (χ2v) is 5.81. The van der Waals surface area contributed by atoms with E-state index in [2.05, 4.69) is 4.98 Å². The topological polar surface area (TPSA) is 67.5 Å². The number of fused-ring (bicyclic) bond motifs is 1. The first kappa shape index (κ1) is 15.5. The molecule has 0 aliphatic heterocycles. The van der Waals surface area contributed by atoms with Gasteiger partial charge >= 0.3 is 0 Å². The van der Waals surface area contributed by atoms with Crippen LogP contribution in [0.1, 0.15) is 24.4 Å². The monoisotopic (exact) mass is 312 g/mol. The van der Waals surface area contributed by atoms with Crippen molar-refractivity contribution in [3.05, 3.63) is 59.9 Å². The molecule has 2 aromatic carbocycles. The number of benzene rings is 2. The van der Waals surface area contributed by atoms with E-state index in [0.29, 0.717) is 17.1 Å². The molecule has 3 rings (SSSR count). The van der Waals surface area contributed by atoms with E-state index in [1.54, 1.807) is 38.3 Å². The third-order valence-electron chi connectivity index (χ3n) is 4.20. The van der Waals surface area contributed by atoms with Crippen LogP contribution in [0.15, 0.2) is 48.5 Å². The molecule has 5 heteroatoms. The fraction of sp³-hybridized carbons (Fsp3) is 0.278. The molecule has 0 radical (unpaired) electrons. The number of aryl methyl sites for hydroxylation is 1. The van der Waals surface area contributed by atoms with Crippen molar-refractivity contribution in [3.63, 3.8) is 0 Å². The summed E-state index contributed by atoms with van der Waals surface area (Å²) in [6.45, 7) is 1.57. The number of hydrogen-bond donors (Lipinski definition) is 2. The Hall–Kier alpha value is -2.37. The number of imidazole rings is 1. The van der Waals surface area contributed by atoms with Gasteiger partial charge in [-0.25, -0.2) is 4.98 Å². The molecule has 2 unspecified atom stereocenters. The minimum Gasteiger partial charge on any atom is -0.497 e. The summed E-state index contributed by atoms with van der Waals surface area (Å²) in [4.78, 5) is 4.49. The summed E-state index contributed by atoms with van der Waals surface area (Å²) >= 11 is 0. The predicted molar refractivity (Wildman–Crippen MR) is 88.2 cm³/mol. The van der Waals surface area contributed by atoms with E-state index in [-0.39, 0.29) is 0 Å². The maximum atomic E-state index is 11.0. The van der Waals surface area contributed by atoms with E-state index in [1.165, 1.54) is 0 Å². The van der Waals surface area contributed by atoms with Gasteiger partial charge in [0, 0.05) is 7.05 Å². The third kappa shape index (κ3) is 2.58. The summed E-state index contributed by atoms with van der Waals surface area (Å²) in [6.07, 6.45) is -1.11. The van der Waals surface area contributed by atoms with E-state index in [1.807, 2.05) is 35.9 Å². The van der Waals surface area contributed by atoms with Gasteiger partial charge in [0.1, 0.15) is 23.3 Å². The van der Waals surface area contributed by atoms with Crippen molar-refractivity contribution in [1.82, 2.24) is 9.55 Å². The number of hydrogen-bond acceptors (Lipinski definition) is 4. The summed E-state index contributed by atoms with van der Waals surface area (Å²) in [6, 6.07) is 14.6. The third-order valence-corrected chi connectivity index (χ3v) is 4.20. The Kier molecular flexibility index (Phi) is 3.83. The van der Waals surface area contributed by atoms with Crippen LogP contribution < -0.4 is 4.74 Å². The molecule has 0 saturated carbocycles. The number of aliphatic hydroxyl groups is 2. The van der Waals surface area contributed by atoms with Gasteiger partial charge < -0.3 is 19.5 Å².